The number of piperidine rings is 1. The standard InChI is InChI=1S/C36H45N5O4/c1-44-21-6-20-41-33-9-4-3-8-32(33)39-35(41)30-7-5-19-40(25-30)34(42)24-31(37)23-26-10-12-27(13-11-26)28-14-16-29(17-15-28)36(43)38-18-22-45-2/h3-4,8-17,30-31H,5-7,18-25,37H2,1-2H3,(H,38,43). The number of methoxy groups -OCH3 is 2. The fourth-order valence-electron chi connectivity index (χ4n) is 6.17. The number of aryl methyl sites for hydroxylation is 1. The minimum atomic E-state index is -0.266. The molecule has 2 amide bonds. The maximum absolute atomic E-state index is 13.4. The van der Waals surface area contributed by atoms with E-state index in [0.717, 1.165) is 65.9 Å². The third kappa shape index (κ3) is 8.36. The van der Waals surface area contributed by atoms with Crippen molar-refractivity contribution in [2.24, 2.45) is 5.73 Å². The second-order valence-electron chi connectivity index (χ2n) is 11.8. The molecular weight excluding hydrogens is 566 g/mol. The van der Waals surface area contributed by atoms with Gasteiger partial charge in [0.1, 0.15) is 5.82 Å². The molecule has 1 fully saturated rings. The van der Waals surface area contributed by atoms with E-state index in [-0.39, 0.29) is 23.8 Å². The summed E-state index contributed by atoms with van der Waals surface area (Å²) in [6, 6.07) is 23.8. The van der Waals surface area contributed by atoms with E-state index in [1.165, 1.54) is 0 Å². The van der Waals surface area contributed by atoms with Gasteiger partial charge < -0.3 is 30.0 Å². The summed E-state index contributed by atoms with van der Waals surface area (Å²) < 4.78 is 12.6. The number of imidazole rings is 1. The van der Waals surface area contributed by atoms with Gasteiger partial charge in [0.2, 0.25) is 5.91 Å². The lowest BCUT2D eigenvalue weighted by Gasteiger charge is -2.33. The lowest BCUT2D eigenvalue weighted by Crippen LogP contribution is -2.42. The van der Waals surface area contributed by atoms with Gasteiger partial charge in [-0.3, -0.25) is 9.59 Å². The third-order valence-electron chi connectivity index (χ3n) is 8.51. The molecule has 1 aliphatic heterocycles. The van der Waals surface area contributed by atoms with Crippen LogP contribution < -0.4 is 11.1 Å². The number of para-hydroxylation sites is 2. The van der Waals surface area contributed by atoms with E-state index in [2.05, 4.69) is 52.3 Å². The molecule has 1 saturated heterocycles. The Labute approximate surface area is 265 Å². The number of hydrogen-bond acceptors (Lipinski definition) is 6. The molecule has 45 heavy (non-hydrogen) atoms. The number of amides is 2. The maximum atomic E-state index is 13.4. The molecule has 0 aliphatic carbocycles. The van der Waals surface area contributed by atoms with Crippen LogP contribution in [0.2, 0.25) is 0 Å². The number of nitrogens with zero attached hydrogens (tertiary/aromatic N) is 3. The lowest BCUT2D eigenvalue weighted by atomic mass is 9.95. The van der Waals surface area contributed by atoms with Crippen molar-refractivity contribution in [3.05, 3.63) is 89.7 Å². The molecule has 2 unspecified atom stereocenters. The summed E-state index contributed by atoms with van der Waals surface area (Å²) in [7, 11) is 3.34. The van der Waals surface area contributed by atoms with Crippen LogP contribution in [0.15, 0.2) is 72.8 Å². The van der Waals surface area contributed by atoms with Gasteiger partial charge in [0, 0.05) is 70.9 Å². The molecule has 0 bridgehead atoms. The fourth-order valence-corrected chi connectivity index (χ4v) is 6.17. The van der Waals surface area contributed by atoms with E-state index in [0.29, 0.717) is 44.7 Å². The highest BCUT2D eigenvalue weighted by atomic mass is 16.5. The first-order valence-electron chi connectivity index (χ1n) is 15.9. The number of ether oxygens (including phenoxy) is 2. The summed E-state index contributed by atoms with van der Waals surface area (Å²) in [6.45, 7) is 3.92. The first-order chi connectivity index (χ1) is 22.0. The zero-order valence-electron chi connectivity index (χ0n) is 26.4. The smallest absolute Gasteiger partial charge is 0.251 e. The number of likely N-dealkylation sites (tertiary alicyclic amines) is 1. The van der Waals surface area contributed by atoms with Crippen molar-refractivity contribution >= 4 is 22.8 Å². The number of nitrogens with two attached hydrogens (primary N) is 1. The monoisotopic (exact) mass is 611 g/mol. The summed E-state index contributed by atoms with van der Waals surface area (Å²) in [5, 5.41) is 2.83. The Morgan fingerprint density at radius 1 is 0.978 bits per heavy atom. The Kier molecular flexibility index (Phi) is 11.4. The summed E-state index contributed by atoms with van der Waals surface area (Å²) in [4.78, 5) is 32.7. The van der Waals surface area contributed by atoms with Crippen LogP contribution in [0.5, 0.6) is 0 Å². The Bertz CT molecular complexity index is 1550. The molecule has 2 atom stereocenters. The summed E-state index contributed by atoms with van der Waals surface area (Å²) in [5.41, 5.74) is 12.4. The Morgan fingerprint density at radius 2 is 1.69 bits per heavy atom. The summed E-state index contributed by atoms with van der Waals surface area (Å²) >= 11 is 0. The number of aromatic nitrogens is 2. The minimum Gasteiger partial charge on any atom is -0.385 e. The number of carbonyl (C=O) groups is 2. The van der Waals surface area contributed by atoms with Gasteiger partial charge in [0.25, 0.3) is 5.91 Å². The average molecular weight is 612 g/mol. The van der Waals surface area contributed by atoms with Gasteiger partial charge >= 0.3 is 0 Å². The summed E-state index contributed by atoms with van der Waals surface area (Å²) in [6.07, 6.45) is 3.81. The number of fused-ring (bicyclic) bond motifs is 1. The number of rotatable bonds is 14. The summed E-state index contributed by atoms with van der Waals surface area (Å²) in [5.74, 6) is 1.25. The van der Waals surface area contributed by atoms with E-state index in [9.17, 15) is 9.59 Å². The molecule has 9 nitrogen and oxygen atoms in total. The zero-order chi connectivity index (χ0) is 31.6. The fraction of sp³-hybridized carbons (Fsp3) is 0.417. The van der Waals surface area contributed by atoms with Crippen LogP contribution in [0.25, 0.3) is 22.2 Å². The van der Waals surface area contributed by atoms with Crippen molar-refractivity contribution in [2.45, 2.75) is 50.6 Å². The number of carbonyl (C=O) groups excluding carboxylic acids is 2. The molecule has 1 aromatic heterocycles. The number of hydrogen-bond donors (Lipinski definition) is 2. The van der Waals surface area contributed by atoms with Gasteiger partial charge in [-0.2, -0.15) is 0 Å². The largest absolute Gasteiger partial charge is 0.385 e. The second-order valence-corrected chi connectivity index (χ2v) is 11.8. The number of nitrogens with one attached hydrogen (secondary N) is 1. The van der Waals surface area contributed by atoms with Crippen LogP contribution >= 0.6 is 0 Å². The van der Waals surface area contributed by atoms with Crippen molar-refractivity contribution in [3.63, 3.8) is 0 Å². The topological polar surface area (TPSA) is 112 Å². The Balaban J connectivity index is 1.16. The molecular formula is C36H45N5O4. The normalized spacial score (nSPS) is 15.7. The van der Waals surface area contributed by atoms with Gasteiger partial charge in [-0.1, -0.05) is 48.5 Å². The average Bonchev–Trinajstić information content (AvgIpc) is 3.44. The van der Waals surface area contributed by atoms with Gasteiger partial charge in [-0.15, -0.1) is 0 Å². The Morgan fingerprint density at radius 3 is 2.42 bits per heavy atom. The molecule has 9 heteroatoms. The van der Waals surface area contributed by atoms with Gasteiger partial charge in [-0.25, -0.2) is 4.98 Å². The third-order valence-corrected chi connectivity index (χ3v) is 8.51. The van der Waals surface area contributed by atoms with Crippen LogP contribution in [0.3, 0.4) is 0 Å². The predicted molar refractivity (Wildman–Crippen MR) is 177 cm³/mol. The highest BCUT2D eigenvalue weighted by Crippen LogP contribution is 2.30. The van der Waals surface area contributed by atoms with E-state index in [1.54, 1.807) is 14.2 Å². The molecule has 4 aromatic rings. The molecule has 0 radical (unpaired) electrons. The first-order valence-corrected chi connectivity index (χ1v) is 15.9. The van der Waals surface area contributed by atoms with Crippen molar-refractivity contribution in [1.29, 1.82) is 0 Å². The SMILES string of the molecule is COCCCn1c(C2CCCN(C(=O)CC(N)Cc3ccc(-c4ccc(C(=O)NCCOC)cc4)cc3)C2)nc2ccccc21. The van der Waals surface area contributed by atoms with Gasteiger partial charge in [0.15, 0.2) is 0 Å². The minimum absolute atomic E-state index is 0.109. The van der Waals surface area contributed by atoms with Crippen LogP contribution in [0, 0.1) is 0 Å². The molecule has 1 aliphatic rings. The Hall–Kier alpha value is -4.05. The van der Waals surface area contributed by atoms with Crippen LogP contribution in [-0.4, -0.2) is 79.4 Å². The zero-order valence-corrected chi connectivity index (χ0v) is 26.4. The van der Waals surface area contributed by atoms with Crippen LogP contribution in [0.4, 0.5) is 0 Å². The van der Waals surface area contributed by atoms with E-state index >= 15 is 0 Å². The molecule has 0 saturated carbocycles. The highest BCUT2D eigenvalue weighted by molar-refractivity contribution is 5.94. The number of benzene rings is 3. The highest BCUT2D eigenvalue weighted by Gasteiger charge is 2.29. The van der Waals surface area contributed by atoms with Crippen molar-refractivity contribution < 1.29 is 19.1 Å². The van der Waals surface area contributed by atoms with Gasteiger partial charge in [-0.05, 0) is 66.6 Å². The van der Waals surface area contributed by atoms with Crippen molar-refractivity contribution in [3.8, 4) is 11.1 Å². The molecule has 0 spiro atoms. The predicted octanol–water partition coefficient (Wildman–Crippen LogP) is 4.78. The molecule has 238 valence electrons. The van der Waals surface area contributed by atoms with E-state index < -0.39 is 0 Å². The van der Waals surface area contributed by atoms with Gasteiger partial charge in [0.05, 0.1) is 17.6 Å². The molecule has 5 rings (SSSR count). The lowest BCUT2D eigenvalue weighted by molar-refractivity contribution is -0.132. The molecule has 3 N–H and O–H groups in total. The van der Waals surface area contributed by atoms with Crippen molar-refractivity contribution in [2.75, 3.05) is 47.1 Å². The van der Waals surface area contributed by atoms with E-state index in [4.69, 9.17) is 20.2 Å². The first kappa shape index (κ1) is 32.3. The second kappa shape index (κ2) is 15.8. The molecule has 3 aromatic carbocycles. The van der Waals surface area contributed by atoms with Crippen LogP contribution in [-0.2, 0) is 27.2 Å². The molecule has 2 heterocycles. The van der Waals surface area contributed by atoms with E-state index in [1.807, 2.05) is 35.2 Å². The maximum Gasteiger partial charge on any atom is 0.251 e. The van der Waals surface area contributed by atoms with Crippen LogP contribution in [0.1, 0.15) is 53.3 Å². The quantitative estimate of drug-likeness (QED) is 0.199. The van der Waals surface area contributed by atoms with Crippen molar-refractivity contribution in [1.82, 2.24) is 19.8 Å².